The van der Waals surface area contributed by atoms with Gasteiger partial charge in [0.25, 0.3) is 0 Å². The Labute approximate surface area is 223 Å². The molecule has 0 fully saturated rings. The highest BCUT2D eigenvalue weighted by molar-refractivity contribution is 7.92. The molecule has 5 N–H and O–H groups in total. The van der Waals surface area contributed by atoms with Gasteiger partial charge in [-0.2, -0.15) is 0 Å². The molecule has 0 radical (unpaired) electrons. The molecule has 3 aromatic carbocycles. The molecule has 3 aromatic rings. The van der Waals surface area contributed by atoms with Gasteiger partial charge in [0, 0.05) is 13.1 Å². The van der Waals surface area contributed by atoms with Crippen molar-refractivity contribution in [2.45, 2.75) is 32.8 Å². The Kier molecular flexibility index (Phi) is 9.37. The van der Waals surface area contributed by atoms with Crippen molar-refractivity contribution >= 4 is 21.7 Å². The van der Waals surface area contributed by atoms with Crippen LogP contribution in [0.15, 0.2) is 54.6 Å². The van der Waals surface area contributed by atoms with Gasteiger partial charge >= 0.3 is 5.97 Å². The van der Waals surface area contributed by atoms with Crippen LogP contribution in [-0.4, -0.2) is 55.7 Å². The van der Waals surface area contributed by atoms with Crippen LogP contribution in [0.1, 0.15) is 41.2 Å². The Balaban J connectivity index is 1.54. The second-order valence-electron chi connectivity index (χ2n) is 9.33. The zero-order valence-electron chi connectivity index (χ0n) is 21.9. The quantitative estimate of drug-likeness (QED) is 0.171. The first kappa shape index (κ1) is 29.0. The van der Waals surface area contributed by atoms with E-state index in [1.165, 1.54) is 18.2 Å². The Bertz CT molecular complexity index is 1370. The lowest BCUT2D eigenvalue weighted by molar-refractivity contribution is -0.138. The van der Waals surface area contributed by atoms with Gasteiger partial charge in [0.2, 0.25) is 10.0 Å². The molecule has 0 aliphatic rings. The lowest BCUT2D eigenvalue weighted by Gasteiger charge is -2.16. The summed E-state index contributed by atoms with van der Waals surface area (Å²) in [4.78, 5) is 11.2. The average Bonchev–Trinajstić information content (AvgIpc) is 2.83. The molecule has 0 amide bonds. The number of hydrogen-bond donors (Lipinski definition) is 5. The number of sulfonamides is 1. The van der Waals surface area contributed by atoms with E-state index in [0.717, 1.165) is 39.8 Å². The molecule has 204 valence electrons. The molecule has 9 nitrogen and oxygen atoms in total. The first-order valence-corrected chi connectivity index (χ1v) is 14.0. The van der Waals surface area contributed by atoms with Crippen LogP contribution in [0.2, 0.25) is 0 Å². The van der Waals surface area contributed by atoms with Gasteiger partial charge in [-0.3, -0.25) is 9.52 Å². The minimum Gasteiger partial charge on any atom is -0.506 e. The van der Waals surface area contributed by atoms with E-state index < -0.39 is 28.0 Å². The number of carbonyl (C=O) groups is 1. The zero-order chi connectivity index (χ0) is 28.0. The highest BCUT2D eigenvalue weighted by Crippen LogP contribution is 2.32. The maximum Gasteiger partial charge on any atom is 0.310 e. The third kappa shape index (κ3) is 7.70. The van der Waals surface area contributed by atoms with E-state index in [-0.39, 0.29) is 18.0 Å². The maximum absolute atomic E-state index is 11.5. The number of phenols is 1. The predicted molar refractivity (Wildman–Crippen MR) is 147 cm³/mol. The van der Waals surface area contributed by atoms with Gasteiger partial charge in [-0.1, -0.05) is 30.3 Å². The number of rotatable bonds is 12. The molecule has 0 aromatic heterocycles. The number of phenolic OH excluding ortho intramolecular Hbond substituents is 1. The summed E-state index contributed by atoms with van der Waals surface area (Å²) >= 11 is 0. The number of aliphatic hydroxyl groups is 1. The molecule has 1 unspecified atom stereocenters. The van der Waals surface area contributed by atoms with Gasteiger partial charge in [0.15, 0.2) is 0 Å². The van der Waals surface area contributed by atoms with Crippen LogP contribution in [-0.2, 0) is 14.8 Å². The number of benzene rings is 3. The van der Waals surface area contributed by atoms with Crippen molar-refractivity contribution in [3.63, 3.8) is 0 Å². The highest BCUT2D eigenvalue weighted by atomic mass is 32.2. The van der Waals surface area contributed by atoms with Crippen molar-refractivity contribution in [2.24, 2.45) is 0 Å². The summed E-state index contributed by atoms with van der Waals surface area (Å²) in [5, 5.41) is 32.6. The van der Waals surface area contributed by atoms with Crippen LogP contribution in [0, 0.1) is 13.8 Å². The minimum atomic E-state index is -3.57. The van der Waals surface area contributed by atoms with E-state index in [4.69, 9.17) is 4.74 Å². The molecule has 0 saturated carbocycles. The van der Waals surface area contributed by atoms with Gasteiger partial charge < -0.3 is 25.4 Å². The van der Waals surface area contributed by atoms with Gasteiger partial charge in [-0.15, -0.1) is 0 Å². The number of aromatic hydroxyl groups is 1. The van der Waals surface area contributed by atoms with E-state index in [1.807, 2.05) is 50.2 Å². The van der Waals surface area contributed by atoms with Gasteiger partial charge in [0.1, 0.15) is 18.1 Å². The van der Waals surface area contributed by atoms with Crippen molar-refractivity contribution in [3.8, 4) is 22.6 Å². The molecule has 0 heterocycles. The molecular weight excluding hydrogens is 508 g/mol. The molecule has 0 saturated heterocycles. The molecule has 10 heteroatoms. The van der Waals surface area contributed by atoms with Crippen LogP contribution in [0.4, 0.5) is 5.69 Å². The third-order valence-corrected chi connectivity index (χ3v) is 6.75. The van der Waals surface area contributed by atoms with E-state index in [1.54, 1.807) is 6.92 Å². The first-order valence-electron chi connectivity index (χ1n) is 12.1. The SMILES string of the molecule is Cc1cc(OCCNC[C@H](O)c2ccc(O)c(NS(C)(=O)=O)c2)cc(C)c1-c1ccc(C(C)C(=O)O)cc1. The molecule has 0 bridgehead atoms. The smallest absolute Gasteiger partial charge is 0.310 e. The van der Waals surface area contributed by atoms with Crippen molar-refractivity contribution in [1.29, 1.82) is 0 Å². The third-order valence-electron chi connectivity index (χ3n) is 6.16. The summed E-state index contributed by atoms with van der Waals surface area (Å²) < 4.78 is 31.0. The Morgan fingerprint density at radius 1 is 1.00 bits per heavy atom. The molecular formula is C28H34N2O7S. The predicted octanol–water partition coefficient (Wildman–Crippen LogP) is 3.94. The van der Waals surface area contributed by atoms with Crippen molar-refractivity contribution in [3.05, 3.63) is 76.9 Å². The number of carboxylic acid groups (broad SMARTS) is 1. The second kappa shape index (κ2) is 12.3. The normalized spacial score (nSPS) is 13.1. The summed E-state index contributed by atoms with van der Waals surface area (Å²) in [7, 11) is -3.57. The van der Waals surface area contributed by atoms with Crippen molar-refractivity contribution in [1.82, 2.24) is 5.32 Å². The fraction of sp³-hybridized carbons (Fsp3) is 0.321. The topological polar surface area (TPSA) is 145 Å². The van der Waals surface area contributed by atoms with Crippen LogP contribution >= 0.6 is 0 Å². The Morgan fingerprint density at radius 3 is 2.18 bits per heavy atom. The van der Waals surface area contributed by atoms with Crippen molar-refractivity contribution in [2.75, 3.05) is 30.7 Å². The summed E-state index contributed by atoms with van der Waals surface area (Å²) in [5.74, 6) is -0.925. The number of aliphatic hydroxyl groups excluding tert-OH is 1. The van der Waals surface area contributed by atoms with Crippen LogP contribution < -0.4 is 14.8 Å². The van der Waals surface area contributed by atoms with Crippen LogP contribution in [0.5, 0.6) is 11.5 Å². The molecule has 0 aliphatic carbocycles. The maximum atomic E-state index is 11.5. The molecule has 3 rings (SSSR count). The Morgan fingerprint density at radius 2 is 1.61 bits per heavy atom. The number of aliphatic carboxylic acids is 1. The monoisotopic (exact) mass is 542 g/mol. The van der Waals surface area contributed by atoms with Crippen molar-refractivity contribution < 1.29 is 33.3 Å². The second-order valence-corrected chi connectivity index (χ2v) is 11.1. The molecule has 38 heavy (non-hydrogen) atoms. The average molecular weight is 543 g/mol. The number of nitrogens with one attached hydrogen (secondary N) is 2. The van der Waals surface area contributed by atoms with Gasteiger partial charge in [-0.05, 0) is 78.4 Å². The molecule has 2 atom stereocenters. The summed E-state index contributed by atoms with van der Waals surface area (Å²) in [6, 6.07) is 15.7. The minimum absolute atomic E-state index is 0.00679. The highest BCUT2D eigenvalue weighted by Gasteiger charge is 2.15. The summed E-state index contributed by atoms with van der Waals surface area (Å²) in [6.07, 6.45) is 0.0687. The van der Waals surface area contributed by atoms with E-state index >= 15 is 0 Å². The summed E-state index contributed by atoms with van der Waals surface area (Å²) in [5.41, 5.74) is 5.37. The summed E-state index contributed by atoms with van der Waals surface area (Å²) in [6.45, 7) is 6.71. The van der Waals surface area contributed by atoms with Gasteiger partial charge in [0.05, 0.1) is 24.0 Å². The number of ether oxygens (including phenoxy) is 1. The lowest BCUT2D eigenvalue weighted by Crippen LogP contribution is -2.26. The zero-order valence-corrected chi connectivity index (χ0v) is 22.7. The number of aryl methyl sites for hydroxylation is 2. The largest absolute Gasteiger partial charge is 0.506 e. The van der Waals surface area contributed by atoms with Crippen LogP contribution in [0.3, 0.4) is 0 Å². The fourth-order valence-electron chi connectivity index (χ4n) is 4.18. The number of carboxylic acids is 1. The van der Waals surface area contributed by atoms with Crippen LogP contribution in [0.25, 0.3) is 11.1 Å². The Hall–Kier alpha value is -3.60. The first-order chi connectivity index (χ1) is 17.9. The van der Waals surface area contributed by atoms with E-state index in [2.05, 4.69) is 10.0 Å². The van der Waals surface area contributed by atoms with Gasteiger partial charge in [-0.25, -0.2) is 8.42 Å². The number of anilines is 1. The van der Waals surface area contributed by atoms with E-state index in [0.29, 0.717) is 18.7 Å². The van der Waals surface area contributed by atoms with E-state index in [9.17, 15) is 28.5 Å². The lowest BCUT2D eigenvalue weighted by atomic mass is 9.93. The fourth-order valence-corrected chi connectivity index (χ4v) is 4.75. The number of hydrogen-bond acceptors (Lipinski definition) is 7. The molecule has 0 spiro atoms. The molecule has 0 aliphatic heterocycles. The standard InChI is InChI=1S/C28H34N2O7S/c1-17-13-23(14-18(2)27(17)21-7-5-20(6-8-21)19(3)28(33)34)37-12-11-29-16-26(32)22-9-10-25(31)24(15-22)30-38(4,35)36/h5-10,13-15,19,26,29-32H,11-12,16H2,1-4H3,(H,33,34)/t19?,26-/m0/s1.